The number of carbonyl (C=O) groups is 2. The molecule has 0 N–H and O–H groups in total. The third-order valence-electron chi connectivity index (χ3n) is 6.44. The molecule has 1 aromatic carbocycles. The molecule has 0 radical (unpaired) electrons. The molecular formula is C24H38NO6P. The molecule has 0 spiro atoms. The molecule has 0 bridgehead atoms. The minimum atomic E-state index is -1.16. The summed E-state index contributed by atoms with van der Waals surface area (Å²) in [4.78, 5) is 26.5. The minimum absolute atomic E-state index is 0.0728. The SMILES string of the molecule is COC(=O)C1CCCCC1C(CCCCO[PH2]=O)CCN(C)C(=O)OCc1ccccc1. The lowest BCUT2D eigenvalue weighted by molar-refractivity contribution is -0.149. The van der Waals surface area contributed by atoms with E-state index in [0.29, 0.717) is 19.1 Å². The Bertz CT molecular complexity index is 701. The van der Waals surface area contributed by atoms with Gasteiger partial charge in [-0.3, -0.25) is 9.36 Å². The number of amides is 1. The van der Waals surface area contributed by atoms with E-state index in [9.17, 15) is 14.2 Å². The van der Waals surface area contributed by atoms with E-state index >= 15 is 0 Å². The van der Waals surface area contributed by atoms with Gasteiger partial charge in [0.2, 0.25) is 0 Å². The van der Waals surface area contributed by atoms with E-state index in [4.69, 9.17) is 14.0 Å². The Labute approximate surface area is 193 Å². The highest BCUT2D eigenvalue weighted by Gasteiger charge is 2.36. The van der Waals surface area contributed by atoms with Gasteiger partial charge in [-0.2, -0.15) is 0 Å². The third-order valence-corrected chi connectivity index (χ3v) is 6.81. The summed E-state index contributed by atoms with van der Waals surface area (Å²) in [5.41, 5.74) is 0.956. The van der Waals surface area contributed by atoms with Crippen LogP contribution in [0.2, 0.25) is 0 Å². The Morgan fingerprint density at radius 3 is 2.59 bits per heavy atom. The van der Waals surface area contributed by atoms with Crippen LogP contribution in [0.4, 0.5) is 4.79 Å². The molecule has 1 aliphatic carbocycles. The number of methoxy groups -OCH3 is 1. The van der Waals surface area contributed by atoms with Crippen molar-refractivity contribution in [3.63, 3.8) is 0 Å². The molecule has 1 fully saturated rings. The van der Waals surface area contributed by atoms with E-state index in [1.165, 1.54) is 7.11 Å². The van der Waals surface area contributed by atoms with Crippen LogP contribution in [-0.2, 0) is 30.0 Å². The second kappa shape index (κ2) is 15.1. The summed E-state index contributed by atoms with van der Waals surface area (Å²) in [6, 6.07) is 9.62. The van der Waals surface area contributed by atoms with E-state index in [1.807, 2.05) is 30.3 Å². The number of esters is 1. The van der Waals surface area contributed by atoms with Crippen LogP contribution in [0.1, 0.15) is 56.9 Å². The smallest absolute Gasteiger partial charge is 0.409 e. The second-order valence-corrected chi connectivity index (χ2v) is 9.08. The van der Waals surface area contributed by atoms with Gasteiger partial charge in [-0.25, -0.2) is 4.79 Å². The van der Waals surface area contributed by atoms with Gasteiger partial charge in [0.15, 0.2) is 8.69 Å². The van der Waals surface area contributed by atoms with Crippen LogP contribution < -0.4 is 0 Å². The monoisotopic (exact) mass is 467 g/mol. The molecule has 32 heavy (non-hydrogen) atoms. The number of rotatable bonds is 13. The molecule has 4 atom stereocenters. The molecule has 180 valence electrons. The highest BCUT2D eigenvalue weighted by Crippen LogP contribution is 2.39. The van der Waals surface area contributed by atoms with Crippen molar-refractivity contribution >= 4 is 20.7 Å². The van der Waals surface area contributed by atoms with Gasteiger partial charge in [0, 0.05) is 13.6 Å². The van der Waals surface area contributed by atoms with E-state index in [2.05, 4.69) is 0 Å². The summed E-state index contributed by atoms with van der Waals surface area (Å²) in [5, 5.41) is 0. The van der Waals surface area contributed by atoms with Crippen molar-refractivity contribution in [2.45, 2.75) is 58.0 Å². The summed E-state index contributed by atoms with van der Waals surface area (Å²) in [5.74, 6) is 0.379. The molecule has 1 aliphatic rings. The van der Waals surface area contributed by atoms with Gasteiger partial charge in [0.1, 0.15) is 6.61 Å². The molecule has 1 aromatic rings. The molecule has 0 saturated heterocycles. The van der Waals surface area contributed by atoms with Crippen molar-refractivity contribution < 1.29 is 28.2 Å². The Kier molecular flexibility index (Phi) is 12.4. The molecule has 1 saturated carbocycles. The molecule has 4 unspecified atom stereocenters. The highest BCUT2D eigenvalue weighted by atomic mass is 31.1. The van der Waals surface area contributed by atoms with Crippen LogP contribution >= 0.6 is 8.69 Å². The van der Waals surface area contributed by atoms with Crippen LogP contribution in [0, 0.1) is 17.8 Å². The Balaban J connectivity index is 1.92. The summed E-state index contributed by atoms with van der Waals surface area (Å²) in [6.07, 6.45) is 7.24. The minimum Gasteiger partial charge on any atom is -0.469 e. The Hall–Kier alpha value is -1.85. The highest BCUT2D eigenvalue weighted by molar-refractivity contribution is 7.17. The number of nitrogens with zero attached hydrogens (tertiary/aromatic N) is 1. The van der Waals surface area contributed by atoms with Crippen molar-refractivity contribution in [2.24, 2.45) is 17.8 Å². The van der Waals surface area contributed by atoms with Gasteiger partial charge in [-0.05, 0) is 43.1 Å². The number of hydrogen-bond donors (Lipinski definition) is 0. The van der Waals surface area contributed by atoms with Gasteiger partial charge in [0.25, 0.3) is 0 Å². The summed E-state index contributed by atoms with van der Waals surface area (Å²) in [6.45, 7) is 1.33. The Morgan fingerprint density at radius 1 is 1.12 bits per heavy atom. The zero-order valence-corrected chi connectivity index (χ0v) is 20.5. The third kappa shape index (κ3) is 8.95. The zero-order chi connectivity index (χ0) is 23.2. The van der Waals surface area contributed by atoms with Gasteiger partial charge >= 0.3 is 12.1 Å². The van der Waals surface area contributed by atoms with Crippen molar-refractivity contribution in [3.05, 3.63) is 35.9 Å². The second-order valence-electron chi connectivity index (χ2n) is 8.55. The van der Waals surface area contributed by atoms with E-state index in [0.717, 1.165) is 56.9 Å². The first kappa shape index (κ1) is 26.4. The first-order valence-electron chi connectivity index (χ1n) is 11.6. The van der Waals surface area contributed by atoms with Crippen LogP contribution in [0.25, 0.3) is 0 Å². The fourth-order valence-corrected chi connectivity index (χ4v) is 4.92. The van der Waals surface area contributed by atoms with Gasteiger partial charge in [-0.1, -0.05) is 56.0 Å². The van der Waals surface area contributed by atoms with Crippen molar-refractivity contribution in [1.29, 1.82) is 0 Å². The van der Waals surface area contributed by atoms with E-state index in [1.54, 1.807) is 11.9 Å². The molecule has 2 rings (SSSR count). The maximum absolute atomic E-state index is 12.4. The number of ether oxygens (including phenoxy) is 2. The summed E-state index contributed by atoms with van der Waals surface area (Å²) >= 11 is 0. The lowest BCUT2D eigenvalue weighted by Gasteiger charge is -2.36. The fourth-order valence-electron chi connectivity index (χ4n) is 4.66. The van der Waals surface area contributed by atoms with Crippen molar-refractivity contribution in [3.8, 4) is 0 Å². The van der Waals surface area contributed by atoms with Gasteiger partial charge in [-0.15, -0.1) is 0 Å². The molecule has 0 aromatic heterocycles. The molecule has 0 aliphatic heterocycles. The number of hydrogen-bond acceptors (Lipinski definition) is 6. The first-order chi connectivity index (χ1) is 15.6. The van der Waals surface area contributed by atoms with Crippen LogP contribution in [0.3, 0.4) is 0 Å². The molecule has 7 nitrogen and oxygen atoms in total. The van der Waals surface area contributed by atoms with E-state index in [-0.39, 0.29) is 30.5 Å². The molecule has 8 heteroatoms. The standard InChI is InChI=1S/C24H38NO6P/c1-25(24(27)30-18-19-10-4-3-5-11-19)16-15-20(12-8-9-17-31-32-28)21-13-6-7-14-22(21)23(26)29-2/h3-5,10-11,20-22H,6-9,12-18,32H2,1-2H3. The first-order valence-corrected chi connectivity index (χ1v) is 12.6. The average Bonchev–Trinajstić information content (AvgIpc) is 2.84. The maximum atomic E-state index is 12.4. The number of unbranched alkanes of at least 4 members (excludes halogenated alkanes) is 1. The lowest BCUT2D eigenvalue weighted by Crippen LogP contribution is -2.36. The number of benzene rings is 1. The summed E-state index contributed by atoms with van der Waals surface area (Å²) in [7, 11) is 2.06. The normalized spacial score (nSPS) is 19.6. The fraction of sp³-hybridized carbons (Fsp3) is 0.667. The maximum Gasteiger partial charge on any atom is 0.409 e. The summed E-state index contributed by atoms with van der Waals surface area (Å²) < 4.78 is 26.1. The predicted octanol–water partition coefficient (Wildman–Crippen LogP) is 5.10. The van der Waals surface area contributed by atoms with Crippen molar-refractivity contribution in [2.75, 3.05) is 27.3 Å². The Morgan fingerprint density at radius 2 is 1.88 bits per heavy atom. The quantitative estimate of drug-likeness (QED) is 0.228. The zero-order valence-electron chi connectivity index (χ0n) is 19.4. The number of carbonyl (C=O) groups excluding carboxylic acids is 2. The van der Waals surface area contributed by atoms with Gasteiger partial charge < -0.3 is 18.9 Å². The van der Waals surface area contributed by atoms with Crippen molar-refractivity contribution in [1.82, 2.24) is 4.90 Å². The lowest BCUT2D eigenvalue weighted by atomic mass is 9.70. The molecule has 1 amide bonds. The van der Waals surface area contributed by atoms with Gasteiger partial charge in [0.05, 0.1) is 19.6 Å². The molecular weight excluding hydrogens is 429 g/mol. The molecule has 0 heterocycles. The average molecular weight is 468 g/mol. The predicted molar refractivity (Wildman–Crippen MR) is 125 cm³/mol. The van der Waals surface area contributed by atoms with Crippen LogP contribution in [0.15, 0.2) is 30.3 Å². The van der Waals surface area contributed by atoms with E-state index < -0.39 is 8.69 Å². The van der Waals surface area contributed by atoms with Crippen LogP contribution in [-0.4, -0.2) is 44.3 Å². The largest absolute Gasteiger partial charge is 0.469 e. The van der Waals surface area contributed by atoms with Crippen LogP contribution in [0.5, 0.6) is 0 Å². The topological polar surface area (TPSA) is 82.1 Å².